The molecule has 2 rings (SSSR count). The molecule has 0 atom stereocenters. The fourth-order valence-corrected chi connectivity index (χ4v) is 2.73. The van der Waals surface area contributed by atoms with E-state index in [0.29, 0.717) is 10.4 Å². The molecular formula is C7H7ClN4S2. The van der Waals surface area contributed by atoms with Gasteiger partial charge in [0.15, 0.2) is 5.01 Å². The van der Waals surface area contributed by atoms with E-state index in [1.54, 1.807) is 0 Å². The van der Waals surface area contributed by atoms with Crippen LogP contribution in [0.25, 0.3) is 9.88 Å². The van der Waals surface area contributed by atoms with Crippen LogP contribution in [-0.4, -0.2) is 19.8 Å². The van der Waals surface area contributed by atoms with E-state index in [4.69, 9.17) is 11.6 Å². The molecule has 2 aromatic heterocycles. The van der Waals surface area contributed by atoms with Gasteiger partial charge in [0.1, 0.15) is 4.88 Å². The lowest BCUT2D eigenvalue weighted by molar-refractivity contribution is 0.813. The van der Waals surface area contributed by atoms with Gasteiger partial charge in [-0.3, -0.25) is 0 Å². The SMILES string of the molecule is CC(C)c1nnsc1-c1nnc(Cl)s1. The van der Waals surface area contributed by atoms with Gasteiger partial charge < -0.3 is 0 Å². The zero-order valence-corrected chi connectivity index (χ0v) is 9.95. The Bertz CT molecular complexity index is 436. The van der Waals surface area contributed by atoms with Crippen molar-refractivity contribution in [3.63, 3.8) is 0 Å². The normalized spacial score (nSPS) is 11.1. The minimum absolute atomic E-state index is 0.339. The Hall–Kier alpha value is -0.590. The lowest BCUT2D eigenvalue weighted by atomic mass is 10.1. The van der Waals surface area contributed by atoms with Crippen LogP contribution in [0.5, 0.6) is 0 Å². The summed E-state index contributed by atoms with van der Waals surface area (Å²) in [5, 5.41) is 12.6. The van der Waals surface area contributed by atoms with E-state index in [1.165, 1.54) is 22.9 Å². The summed E-state index contributed by atoms with van der Waals surface area (Å²) < 4.78 is 4.36. The van der Waals surface area contributed by atoms with Crippen molar-refractivity contribution in [1.82, 2.24) is 19.8 Å². The van der Waals surface area contributed by atoms with Gasteiger partial charge in [0, 0.05) is 0 Å². The highest BCUT2D eigenvalue weighted by Crippen LogP contribution is 2.33. The summed E-state index contributed by atoms with van der Waals surface area (Å²) in [6.45, 7) is 4.14. The maximum atomic E-state index is 5.72. The second-order valence-corrected chi connectivity index (χ2v) is 5.32. The van der Waals surface area contributed by atoms with Crippen molar-refractivity contribution in [1.29, 1.82) is 0 Å². The summed E-state index contributed by atoms with van der Waals surface area (Å²) in [7, 11) is 0. The van der Waals surface area contributed by atoms with E-state index in [2.05, 4.69) is 33.6 Å². The van der Waals surface area contributed by atoms with Crippen LogP contribution in [0.3, 0.4) is 0 Å². The molecule has 0 aliphatic heterocycles. The average Bonchev–Trinajstić information content (AvgIpc) is 2.70. The fourth-order valence-electron chi connectivity index (χ4n) is 1.02. The van der Waals surface area contributed by atoms with Gasteiger partial charge in [-0.2, -0.15) is 0 Å². The Morgan fingerprint density at radius 3 is 2.57 bits per heavy atom. The molecule has 0 radical (unpaired) electrons. The van der Waals surface area contributed by atoms with Crippen molar-refractivity contribution in [3.8, 4) is 9.88 Å². The number of halogens is 1. The summed E-state index contributed by atoms with van der Waals surface area (Å²) in [5.74, 6) is 0.339. The highest BCUT2D eigenvalue weighted by Gasteiger charge is 2.16. The Balaban J connectivity index is 2.46. The maximum absolute atomic E-state index is 5.72. The third-order valence-corrected chi connectivity index (χ3v) is 3.57. The Morgan fingerprint density at radius 1 is 1.21 bits per heavy atom. The maximum Gasteiger partial charge on any atom is 0.207 e. The van der Waals surface area contributed by atoms with Gasteiger partial charge in [0.05, 0.1) is 5.69 Å². The highest BCUT2D eigenvalue weighted by atomic mass is 35.5. The van der Waals surface area contributed by atoms with Crippen LogP contribution in [0, 0.1) is 0 Å². The van der Waals surface area contributed by atoms with Crippen LogP contribution in [0.1, 0.15) is 25.5 Å². The second kappa shape index (κ2) is 3.88. The molecule has 0 N–H and O–H groups in total. The molecule has 14 heavy (non-hydrogen) atoms. The van der Waals surface area contributed by atoms with Crippen LogP contribution >= 0.6 is 34.5 Å². The average molecular weight is 247 g/mol. The van der Waals surface area contributed by atoms with E-state index in [0.717, 1.165) is 15.6 Å². The summed E-state index contributed by atoms with van der Waals surface area (Å²) in [4.78, 5) is 0.976. The summed E-state index contributed by atoms with van der Waals surface area (Å²) in [5.41, 5.74) is 0.961. The summed E-state index contributed by atoms with van der Waals surface area (Å²) in [6.07, 6.45) is 0. The first-order valence-corrected chi connectivity index (χ1v) is 5.97. The molecule has 0 aliphatic rings. The number of nitrogens with zero attached hydrogens (tertiary/aromatic N) is 4. The number of rotatable bonds is 2. The lowest BCUT2D eigenvalue weighted by Gasteiger charge is -1.99. The van der Waals surface area contributed by atoms with E-state index < -0.39 is 0 Å². The van der Waals surface area contributed by atoms with E-state index in [1.807, 2.05) is 0 Å². The molecule has 0 unspecified atom stereocenters. The molecule has 0 spiro atoms. The first-order chi connectivity index (χ1) is 6.68. The smallest absolute Gasteiger partial charge is 0.142 e. The van der Waals surface area contributed by atoms with Crippen molar-refractivity contribution >= 4 is 34.5 Å². The molecule has 4 nitrogen and oxygen atoms in total. The molecule has 0 fully saturated rings. The van der Waals surface area contributed by atoms with E-state index in [9.17, 15) is 0 Å². The molecule has 0 aromatic carbocycles. The Morgan fingerprint density at radius 2 is 2.00 bits per heavy atom. The number of aromatic nitrogens is 4. The van der Waals surface area contributed by atoms with Gasteiger partial charge in [0.2, 0.25) is 4.47 Å². The fraction of sp³-hybridized carbons (Fsp3) is 0.429. The molecule has 2 heterocycles. The van der Waals surface area contributed by atoms with Gasteiger partial charge in [-0.05, 0) is 29.1 Å². The van der Waals surface area contributed by atoms with Gasteiger partial charge in [-0.1, -0.05) is 29.7 Å². The lowest BCUT2D eigenvalue weighted by Crippen LogP contribution is -1.90. The van der Waals surface area contributed by atoms with Crippen LogP contribution in [-0.2, 0) is 0 Å². The molecule has 0 aliphatic carbocycles. The third kappa shape index (κ3) is 1.77. The van der Waals surface area contributed by atoms with E-state index >= 15 is 0 Å². The predicted octanol–water partition coefficient (Wildman–Crippen LogP) is 2.83. The minimum atomic E-state index is 0.339. The molecule has 74 valence electrons. The van der Waals surface area contributed by atoms with Gasteiger partial charge in [0.25, 0.3) is 0 Å². The topological polar surface area (TPSA) is 51.6 Å². The minimum Gasteiger partial charge on any atom is -0.142 e. The second-order valence-electron chi connectivity index (χ2n) is 3.00. The van der Waals surface area contributed by atoms with Gasteiger partial charge >= 0.3 is 0 Å². The van der Waals surface area contributed by atoms with Crippen LogP contribution < -0.4 is 0 Å². The standard InChI is InChI=1S/C7H7ClN4S2/c1-3(2)4-5(14-12-9-4)6-10-11-7(8)13-6/h3H,1-2H3. The molecule has 0 saturated heterocycles. The summed E-state index contributed by atoms with van der Waals surface area (Å²) >= 11 is 8.40. The monoisotopic (exact) mass is 246 g/mol. The van der Waals surface area contributed by atoms with Crippen LogP contribution in [0.4, 0.5) is 0 Å². The number of hydrogen-bond donors (Lipinski definition) is 0. The Kier molecular flexibility index (Phi) is 2.76. The first kappa shape index (κ1) is 9.95. The third-order valence-electron chi connectivity index (χ3n) is 1.65. The quantitative estimate of drug-likeness (QED) is 0.818. The molecular weight excluding hydrogens is 240 g/mol. The van der Waals surface area contributed by atoms with Crippen molar-refractivity contribution in [3.05, 3.63) is 10.2 Å². The van der Waals surface area contributed by atoms with E-state index in [-0.39, 0.29) is 0 Å². The summed E-state index contributed by atoms with van der Waals surface area (Å²) in [6, 6.07) is 0. The molecule has 0 bridgehead atoms. The highest BCUT2D eigenvalue weighted by molar-refractivity contribution is 7.21. The van der Waals surface area contributed by atoms with Crippen molar-refractivity contribution < 1.29 is 0 Å². The molecule has 0 amide bonds. The van der Waals surface area contributed by atoms with Crippen molar-refractivity contribution in [2.45, 2.75) is 19.8 Å². The van der Waals surface area contributed by atoms with Gasteiger partial charge in [-0.25, -0.2) is 0 Å². The van der Waals surface area contributed by atoms with Gasteiger partial charge in [-0.15, -0.1) is 15.3 Å². The zero-order chi connectivity index (χ0) is 10.1. The van der Waals surface area contributed by atoms with Crippen molar-refractivity contribution in [2.24, 2.45) is 0 Å². The zero-order valence-electron chi connectivity index (χ0n) is 7.56. The number of hydrogen-bond acceptors (Lipinski definition) is 6. The van der Waals surface area contributed by atoms with Crippen LogP contribution in [0.2, 0.25) is 4.47 Å². The van der Waals surface area contributed by atoms with Crippen LogP contribution in [0.15, 0.2) is 0 Å². The molecule has 2 aromatic rings. The first-order valence-electron chi connectivity index (χ1n) is 4.00. The Labute approximate surface area is 94.1 Å². The van der Waals surface area contributed by atoms with Crippen molar-refractivity contribution in [2.75, 3.05) is 0 Å². The predicted molar refractivity (Wildman–Crippen MR) is 57.9 cm³/mol. The molecule has 0 saturated carbocycles. The largest absolute Gasteiger partial charge is 0.207 e. The molecule has 7 heteroatoms.